The number of alkyl halides is 3. The van der Waals surface area contributed by atoms with Crippen molar-refractivity contribution in [2.24, 2.45) is 0 Å². The van der Waals surface area contributed by atoms with Crippen molar-refractivity contribution in [1.29, 1.82) is 0 Å². The van der Waals surface area contributed by atoms with Gasteiger partial charge in [0.1, 0.15) is 6.54 Å². The number of carbonyl (C=O) groups is 1. The summed E-state index contributed by atoms with van der Waals surface area (Å²) in [5.41, 5.74) is 0. The van der Waals surface area contributed by atoms with Crippen LogP contribution in [0.3, 0.4) is 0 Å². The molecule has 0 aromatic carbocycles. The number of halogens is 3. The molecule has 3 nitrogen and oxygen atoms in total. The van der Waals surface area contributed by atoms with E-state index in [0.717, 1.165) is 0 Å². The van der Waals surface area contributed by atoms with E-state index in [1.165, 1.54) is 0 Å². The molecule has 0 aliphatic rings. The lowest BCUT2D eigenvalue weighted by Crippen LogP contribution is -2.36. The molecule has 0 fully saturated rings. The molecule has 0 aromatic heterocycles. The second-order valence-corrected chi connectivity index (χ2v) is 3.25. The van der Waals surface area contributed by atoms with Gasteiger partial charge in [0.15, 0.2) is 0 Å². The van der Waals surface area contributed by atoms with Gasteiger partial charge in [-0.15, -0.1) is 0 Å². The predicted molar refractivity (Wildman–Crippen MR) is 46.8 cm³/mol. The molecule has 0 spiro atoms. The normalized spacial score (nSPS) is 11.9. The molecule has 0 atom stereocenters. The van der Waals surface area contributed by atoms with Crippen molar-refractivity contribution >= 4 is 5.91 Å². The van der Waals surface area contributed by atoms with Gasteiger partial charge in [-0.3, -0.25) is 4.79 Å². The zero-order chi connectivity index (χ0) is 11.2. The predicted octanol–water partition coefficient (Wildman–Crippen LogP) is 1.05. The molecular weight excluding hydrogens is 197 g/mol. The molecule has 0 aromatic rings. The quantitative estimate of drug-likeness (QED) is 0.715. The van der Waals surface area contributed by atoms with Crippen molar-refractivity contribution in [3.63, 3.8) is 0 Å². The molecule has 0 unspecified atom stereocenters. The number of nitrogens with one attached hydrogen (secondary N) is 2. The van der Waals surface area contributed by atoms with Crippen LogP contribution in [0.15, 0.2) is 0 Å². The van der Waals surface area contributed by atoms with Gasteiger partial charge in [-0.2, -0.15) is 13.2 Å². The standard InChI is InChI=1S/C8H15F3N2O/c1-6(2)12-4-3-7(14)13-5-8(9,10)11/h6,12H,3-5H2,1-2H3,(H,13,14). The molecule has 0 aliphatic carbocycles. The fourth-order valence-electron chi connectivity index (χ4n) is 0.762. The third-order valence-electron chi connectivity index (χ3n) is 1.39. The Bertz CT molecular complexity index is 180. The van der Waals surface area contributed by atoms with Crippen molar-refractivity contribution in [2.45, 2.75) is 32.5 Å². The molecule has 0 saturated heterocycles. The van der Waals surface area contributed by atoms with Crippen LogP contribution >= 0.6 is 0 Å². The highest BCUT2D eigenvalue weighted by Gasteiger charge is 2.27. The maximum Gasteiger partial charge on any atom is 0.405 e. The van der Waals surface area contributed by atoms with Crippen LogP contribution < -0.4 is 10.6 Å². The Kier molecular flexibility index (Phi) is 5.52. The summed E-state index contributed by atoms with van der Waals surface area (Å²) in [6.45, 7) is 2.93. The monoisotopic (exact) mass is 212 g/mol. The van der Waals surface area contributed by atoms with E-state index in [9.17, 15) is 18.0 Å². The number of hydrogen-bond donors (Lipinski definition) is 2. The highest BCUT2D eigenvalue weighted by molar-refractivity contribution is 5.76. The molecule has 0 radical (unpaired) electrons. The van der Waals surface area contributed by atoms with Gasteiger partial charge in [-0.1, -0.05) is 13.8 Å². The van der Waals surface area contributed by atoms with E-state index in [1.807, 2.05) is 13.8 Å². The molecule has 0 saturated carbocycles. The molecule has 1 amide bonds. The van der Waals surface area contributed by atoms with Crippen molar-refractivity contribution < 1.29 is 18.0 Å². The third kappa shape index (κ3) is 9.31. The average Bonchev–Trinajstić information content (AvgIpc) is 1.99. The molecule has 0 aliphatic heterocycles. The van der Waals surface area contributed by atoms with Crippen molar-refractivity contribution in [3.8, 4) is 0 Å². The Morgan fingerprint density at radius 3 is 2.36 bits per heavy atom. The van der Waals surface area contributed by atoms with Gasteiger partial charge in [-0.05, 0) is 0 Å². The molecule has 0 rings (SSSR count). The summed E-state index contributed by atoms with van der Waals surface area (Å²) in [6.07, 6.45) is -4.27. The van der Waals surface area contributed by atoms with Gasteiger partial charge in [0.05, 0.1) is 0 Å². The Balaban J connectivity index is 3.47. The summed E-state index contributed by atoms with van der Waals surface area (Å²) < 4.78 is 34.9. The van der Waals surface area contributed by atoms with Crippen LogP contribution in [-0.2, 0) is 4.79 Å². The lowest BCUT2D eigenvalue weighted by atomic mass is 10.3. The second-order valence-electron chi connectivity index (χ2n) is 3.25. The molecule has 2 N–H and O–H groups in total. The maximum atomic E-state index is 11.6. The topological polar surface area (TPSA) is 41.1 Å². The summed E-state index contributed by atoms with van der Waals surface area (Å²) in [5.74, 6) is -0.588. The van der Waals surface area contributed by atoms with Crippen LogP contribution in [0.5, 0.6) is 0 Å². The highest BCUT2D eigenvalue weighted by atomic mass is 19.4. The average molecular weight is 212 g/mol. The van der Waals surface area contributed by atoms with E-state index in [1.54, 1.807) is 5.32 Å². The Morgan fingerprint density at radius 2 is 1.93 bits per heavy atom. The maximum absolute atomic E-state index is 11.6. The molecule has 0 heterocycles. The number of amides is 1. The van der Waals surface area contributed by atoms with Gasteiger partial charge in [0.25, 0.3) is 0 Å². The molecule has 84 valence electrons. The molecule has 14 heavy (non-hydrogen) atoms. The first-order valence-corrected chi connectivity index (χ1v) is 4.38. The highest BCUT2D eigenvalue weighted by Crippen LogP contribution is 2.11. The van der Waals surface area contributed by atoms with Gasteiger partial charge >= 0.3 is 6.18 Å². The van der Waals surface area contributed by atoms with Crippen molar-refractivity contribution in [1.82, 2.24) is 10.6 Å². The second kappa shape index (κ2) is 5.85. The lowest BCUT2D eigenvalue weighted by molar-refractivity contribution is -0.138. The van der Waals surface area contributed by atoms with E-state index in [2.05, 4.69) is 5.32 Å². The first-order valence-electron chi connectivity index (χ1n) is 4.38. The van der Waals surface area contributed by atoms with Crippen molar-refractivity contribution in [3.05, 3.63) is 0 Å². The van der Waals surface area contributed by atoms with E-state index < -0.39 is 18.6 Å². The van der Waals surface area contributed by atoms with Crippen LogP contribution in [0.2, 0.25) is 0 Å². The molecular formula is C8H15F3N2O. The van der Waals surface area contributed by atoms with Crippen LogP contribution in [0, 0.1) is 0 Å². The van der Waals surface area contributed by atoms with Gasteiger partial charge in [-0.25, -0.2) is 0 Å². The van der Waals surface area contributed by atoms with Gasteiger partial charge in [0, 0.05) is 19.0 Å². The Morgan fingerprint density at radius 1 is 1.36 bits per heavy atom. The summed E-state index contributed by atoms with van der Waals surface area (Å²) >= 11 is 0. The van der Waals surface area contributed by atoms with E-state index in [0.29, 0.717) is 6.54 Å². The summed E-state index contributed by atoms with van der Waals surface area (Å²) in [4.78, 5) is 10.8. The number of carbonyl (C=O) groups excluding carboxylic acids is 1. The third-order valence-corrected chi connectivity index (χ3v) is 1.39. The van der Waals surface area contributed by atoms with Gasteiger partial charge in [0.2, 0.25) is 5.91 Å². The first-order chi connectivity index (χ1) is 6.31. The van der Waals surface area contributed by atoms with E-state index in [4.69, 9.17) is 0 Å². The summed E-state index contributed by atoms with van der Waals surface area (Å²) in [7, 11) is 0. The zero-order valence-electron chi connectivity index (χ0n) is 8.24. The first kappa shape index (κ1) is 13.2. The van der Waals surface area contributed by atoms with E-state index in [-0.39, 0.29) is 12.5 Å². The Labute approximate surface area is 81.1 Å². The molecule has 0 bridgehead atoms. The SMILES string of the molecule is CC(C)NCCC(=O)NCC(F)(F)F. The lowest BCUT2D eigenvalue weighted by Gasteiger charge is -2.09. The van der Waals surface area contributed by atoms with Crippen molar-refractivity contribution in [2.75, 3.05) is 13.1 Å². The minimum absolute atomic E-state index is 0.0637. The fourth-order valence-corrected chi connectivity index (χ4v) is 0.762. The number of hydrogen-bond acceptors (Lipinski definition) is 2. The minimum Gasteiger partial charge on any atom is -0.347 e. The molecule has 6 heteroatoms. The van der Waals surface area contributed by atoms with E-state index >= 15 is 0 Å². The fraction of sp³-hybridized carbons (Fsp3) is 0.875. The Hall–Kier alpha value is -0.780. The van der Waals surface area contributed by atoms with Gasteiger partial charge < -0.3 is 10.6 Å². The zero-order valence-corrected chi connectivity index (χ0v) is 8.24. The smallest absolute Gasteiger partial charge is 0.347 e. The van der Waals surface area contributed by atoms with Crippen LogP contribution in [0.1, 0.15) is 20.3 Å². The van der Waals surface area contributed by atoms with Crippen LogP contribution in [-0.4, -0.2) is 31.2 Å². The number of rotatable bonds is 5. The van der Waals surface area contributed by atoms with Crippen LogP contribution in [0.4, 0.5) is 13.2 Å². The summed E-state index contributed by atoms with van der Waals surface area (Å²) in [5, 5.41) is 4.72. The minimum atomic E-state index is -4.33. The summed E-state index contributed by atoms with van der Waals surface area (Å²) in [6, 6.07) is 0.227. The largest absolute Gasteiger partial charge is 0.405 e. The van der Waals surface area contributed by atoms with Crippen LogP contribution in [0.25, 0.3) is 0 Å².